The summed E-state index contributed by atoms with van der Waals surface area (Å²) in [6.07, 6.45) is 0. The first-order valence-corrected chi connectivity index (χ1v) is 5.27. The van der Waals surface area contributed by atoms with Crippen molar-refractivity contribution in [2.75, 3.05) is 24.2 Å². The SMILES string of the molecule is CCOC(C)(C)CNc1ccc(N)cc1. The number of hydrogen-bond donors (Lipinski definition) is 2. The Morgan fingerprint density at radius 2 is 1.87 bits per heavy atom. The van der Waals surface area contributed by atoms with Gasteiger partial charge in [-0.05, 0) is 45.0 Å². The van der Waals surface area contributed by atoms with Crippen LogP contribution in [0, 0.1) is 0 Å². The first kappa shape index (κ1) is 11.9. The molecule has 15 heavy (non-hydrogen) atoms. The van der Waals surface area contributed by atoms with E-state index in [0.717, 1.165) is 24.5 Å². The van der Waals surface area contributed by atoms with Crippen LogP contribution in [0.25, 0.3) is 0 Å². The topological polar surface area (TPSA) is 47.3 Å². The summed E-state index contributed by atoms with van der Waals surface area (Å²) in [5.41, 5.74) is 7.31. The Morgan fingerprint density at radius 1 is 1.27 bits per heavy atom. The molecule has 1 aromatic carbocycles. The van der Waals surface area contributed by atoms with Gasteiger partial charge >= 0.3 is 0 Å². The van der Waals surface area contributed by atoms with Crippen molar-refractivity contribution >= 4 is 11.4 Å². The fourth-order valence-electron chi connectivity index (χ4n) is 1.36. The fraction of sp³-hybridized carbons (Fsp3) is 0.500. The highest BCUT2D eigenvalue weighted by atomic mass is 16.5. The number of anilines is 2. The molecule has 3 N–H and O–H groups in total. The summed E-state index contributed by atoms with van der Waals surface area (Å²) >= 11 is 0. The van der Waals surface area contributed by atoms with Gasteiger partial charge < -0.3 is 15.8 Å². The summed E-state index contributed by atoms with van der Waals surface area (Å²) in [5.74, 6) is 0. The summed E-state index contributed by atoms with van der Waals surface area (Å²) in [6, 6.07) is 7.71. The van der Waals surface area contributed by atoms with Gasteiger partial charge in [0, 0.05) is 24.5 Å². The van der Waals surface area contributed by atoms with E-state index in [4.69, 9.17) is 10.5 Å². The van der Waals surface area contributed by atoms with Gasteiger partial charge in [0.05, 0.1) is 5.60 Å². The van der Waals surface area contributed by atoms with Crippen molar-refractivity contribution in [3.05, 3.63) is 24.3 Å². The zero-order valence-corrected chi connectivity index (χ0v) is 9.71. The van der Waals surface area contributed by atoms with E-state index in [9.17, 15) is 0 Å². The van der Waals surface area contributed by atoms with Crippen molar-refractivity contribution in [1.82, 2.24) is 0 Å². The Bertz CT molecular complexity index is 293. The van der Waals surface area contributed by atoms with Gasteiger partial charge in [-0.15, -0.1) is 0 Å². The first-order valence-electron chi connectivity index (χ1n) is 5.27. The highest BCUT2D eigenvalue weighted by molar-refractivity contribution is 5.51. The van der Waals surface area contributed by atoms with E-state index < -0.39 is 0 Å². The third-order valence-corrected chi connectivity index (χ3v) is 2.16. The van der Waals surface area contributed by atoms with E-state index in [0.29, 0.717) is 0 Å². The molecule has 84 valence electrons. The highest BCUT2D eigenvalue weighted by Crippen LogP contribution is 2.14. The minimum atomic E-state index is -0.143. The highest BCUT2D eigenvalue weighted by Gasteiger charge is 2.16. The monoisotopic (exact) mass is 208 g/mol. The second-order valence-electron chi connectivity index (χ2n) is 4.17. The summed E-state index contributed by atoms with van der Waals surface area (Å²) in [4.78, 5) is 0. The molecule has 0 spiro atoms. The first-order chi connectivity index (χ1) is 7.03. The lowest BCUT2D eigenvalue weighted by Gasteiger charge is -2.25. The maximum absolute atomic E-state index is 5.60. The maximum Gasteiger partial charge on any atom is 0.0797 e. The van der Waals surface area contributed by atoms with E-state index in [-0.39, 0.29) is 5.60 Å². The summed E-state index contributed by atoms with van der Waals surface area (Å²) in [5, 5.41) is 3.32. The lowest BCUT2D eigenvalue weighted by molar-refractivity contribution is 0.000699. The molecular formula is C12H20N2O. The van der Waals surface area contributed by atoms with Gasteiger partial charge in [0.2, 0.25) is 0 Å². The third kappa shape index (κ3) is 4.21. The number of rotatable bonds is 5. The van der Waals surface area contributed by atoms with Crippen LogP contribution in [-0.2, 0) is 4.74 Å². The predicted octanol–water partition coefficient (Wildman–Crippen LogP) is 2.50. The normalized spacial score (nSPS) is 11.4. The van der Waals surface area contributed by atoms with Gasteiger partial charge in [0.1, 0.15) is 0 Å². The quantitative estimate of drug-likeness (QED) is 0.731. The molecule has 0 aliphatic carbocycles. The number of nitrogens with one attached hydrogen (secondary N) is 1. The van der Waals surface area contributed by atoms with E-state index in [1.807, 2.05) is 31.2 Å². The van der Waals surface area contributed by atoms with Crippen molar-refractivity contribution in [2.24, 2.45) is 0 Å². The number of ether oxygens (including phenoxy) is 1. The van der Waals surface area contributed by atoms with Gasteiger partial charge in [0.25, 0.3) is 0 Å². The van der Waals surface area contributed by atoms with Crippen molar-refractivity contribution in [1.29, 1.82) is 0 Å². The van der Waals surface area contributed by atoms with Gasteiger partial charge in [-0.25, -0.2) is 0 Å². The number of nitrogen functional groups attached to an aromatic ring is 1. The molecule has 0 atom stereocenters. The number of nitrogens with two attached hydrogens (primary N) is 1. The van der Waals surface area contributed by atoms with Crippen LogP contribution in [0.4, 0.5) is 11.4 Å². The van der Waals surface area contributed by atoms with Crippen LogP contribution in [0.5, 0.6) is 0 Å². The van der Waals surface area contributed by atoms with Crippen LogP contribution in [-0.4, -0.2) is 18.8 Å². The Kier molecular flexibility index (Phi) is 3.97. The smallest absolute Gasteiger partial charge is 0.0797 e. The average molecular weight is 208 g/mol. The Hall–Kier alpha value is -1.22. The van der Waals surface area contributed by atoms with Gasteiger partial charge in [-0.1, -0.05) is 0 Å². The molecule has 0 saturated carbocycles. The molecule has 0 aliphatic heterocycles. The van der Waals surface area contributed by atoms with Crippen molar-refractivity contribution in [3.8, 4) is 0 Å². The minimum Gasteiger partial charge on any atom is -0.399 e. The fourth-order valence-corrected chi connectivity index (χ4v) is 1.36. The second-order valence-corrected chi connectivity index (χ2v) is 4.17. The predicted molar refractivity (Wildman–Crippen MR) is 65.0 cm³/mol. The summed E-state index contributed by atoms with van der Waals surface area (Å²) in [6.45, 7) is 7.66. The van der Waals surface area contributed by atoms with Crippen LogP contribution in [0.15, 0.2) is 24.3 Å². The molecule has 0 amide bonds. The van der Waals surface area contributed by atoms with Crippen LogP contribution in [0.1, 0.15) is 20.8 Å². The lowest BCUT2D eigenvalue weighted by atomic mass is 10.1. The van der Waals surface area contributed by atoms with Crippen LogP contribution in [0.2, 0.25) is 0 Å². The van der Waals surface area contributed by atoms with E-state index in [1.54, 1.807) is 0 Å². The largest absolute Gasteiger partial charge is 0.399 e. The third-order valence-electron chi connectivity index (χ3n) is 2.16. The molecular weight excluding hydrogens is 188 g/mol. The van der Waals surface area contributed by atoms with Crippen LogP contribution < -0.4 is 11.1 Å². The molecule has 1 aromatic rings. The van der Waals surface area contributed by atoms with Gasteiger partial charge in [-0.3, -0.25) is 0 Å². The molecule has 3 heteroatoms. The Labute approximate surface area is 91.6 Å². The standard InChI is InChI=1S/C12H20N2O/c1-4-15-12(2,3)9-14-11-7-5-10(13)6-8-11/h5-8,14H,4,9,13H2,1-3H3. The molecule has 0 bridgehead atoms. The van der Waals surface area contributed by atoms with Crippen LogP contribution >= 0.6 is 0 Å². The van der Waals surface area contributed by atoms with Crippen molar-refractivity contribution in [3.63, 3.8) is 0 Å². The zero-order chi connectivity index (χ0) is 11.3. The van der Waals surface area contributed by atoms with E-state index >= 15 is 0 Å². The maximum atomic E-state index is 5.60. The minimum absolute atomic E-state index is 0.143. The lowest BCUT2D eigenvalue weighted by Crippen LogP contribution is -2.33. The number of benzene rings is 1. The van der Waals surface area contributed by atoms with Gasteiger partial charge in [-0.2, -0.15) is 0 Å². The molecule has 0 aliphatic rings. The van der Waals surface area contributed by atoms with Crippen molar-refractivity contribution < 1.29 is 4.74 Å². The molecule has 3 nitrogen and oxygen atoms in total. The Morgan fingerprint density at radius 3 is 2.40 bits per heavy atom. The molecule has 0 saturated heterocycles. The molecule has 0 aromatic heterocycles. The number of hydrogen-bond acceptors (Lipinski definition) is 3. The summed E-state index contributed by atoms with van der Waals surface area (Å²) in [7, 11) is 0. The van der Waals surface area contributed by atoms with E-state index in [1.165, 1.54) is 0 Å². The average Bonchev–Trinajstić information content (AvgIpc) is 2.17. The molecule has 0 radical (unpaired) electrons. The van der Waals surface area contributed by atoms with Crippen LogP contribution in [0.3, 0.4) is 0 Å². The van der Waals surface area contributed by atoms with Crippen molar-refractivity contribution in [2.45, 2.75) is 26.4 Å². The molecule has 0 fully saturated rings. The molecule has 0 heterocycles. The van der Waals surface area contributed by atoms with Gasteiger partial charge in [0.15, 0.2) is 0 Å². The zero-order valence-electron chi connectivity index (χ0n) is 9.71. The van der Waals surface area contributed by atoms with E-state index in [2.05, 4.69) is 19.2 Å². The molecule has 0 unspecified atom stereocenters. The Balaban J connectivity index is 2.46. The molecule has 1 rings (SSSR count). The summed E-state index contributed by atoms with van der Waals surface area (Å²) < 4.78 is 5.59. The second kappa shape index (κ2) is 5.03.